The van der Waals surface area contributed by atoms with E-state index in [0.717, 1.165) is 53.6 Å². The van der Waals surface area contributed by atoms with Crippen LogP contribution in [0, 0.1) is 11.3 Å². The minimum Gasteiger partial charge on any atom is -0.492 e. The third-order valence-corrected chi connectivity index (χ3v) is 8.87. The molecule has 0 unspecified atom stereocenters. The second-order valence-corrected chi connectivity index (χ2v) is 12.1. The summed E-state index contributed by atoms with van der Waals surface area (Å²) in [6.45, 7) is 2.80. The summed E-state index contributed by atoms with van der Waals surface area (Å²) in [6, 6.07) is 19.4. The number of alkyl halides is 1. The molecule has 0 radical (unpaired) electrons. The van der Waals surface area contributed by atoms with E-state index in [4.69, 9.17) is 43.1 Å². The lowest BCUT2D eigenvalue weighted by atomic mass is 9.96. The quantitative estimate of drug-likeness (QED) is 0.160. The van der Waals surface area contributed by atoms with Crippen LogP contribution in [0.1, 0.15) is 46.8 Å². The van der Waals surface area contributed by atoms with Crippen LogP contribution in [0.3, 0.4) is 0 Å². The molecule has 0 bridgehead atoms. The summed E-state index contributed by atoms with van der Waals surface area (Å²) in [5.74, 6) is 1.70. The molecule has 4 aromatic rings. The Morgan fingerprint density at radius 2 is 1.82 bits per heavy atom. The summed E-state index contributed by atoms with van der Waals surface area (Å²) in [5.41, 5.74) is 12.2. The first kappa shape index (κ1) is 31.1. The van der Waals surface area contributed by atoms with Gasteiger partial charge in [0, 0.05) is 61.3 Å². The Morgan fingerprint density at radius 3 is 2.62 bits per heavy atom. The van der Waals surface area contributed by atoms with Gasteiger partial charge in [0.2, 0.25) is 0 Å². The lowest BCUT2D eigenvalue weighted by Crippen LogP contribution is -2.48. The normalized spacial score (nSPS) is 16.1. The molecule has 7 nitrogen and oxygen atoms in total. The molecule has 1 fully saturated rings. The Morgan fingerprint density at radius 1 is 1.00 bits per heavy atom. The zero-order valence-electron chi connectivity index (χ0n) is 24.6. The first-order valence-corrected chi connectivity index (χ1v) is 15.7. The van der Waals surface area contributed by atoms with Crippen LogP contribution in [0.4, 0.5) is 4.39 Å². The second kappa shape index (κ2) is 14.1. The Hall–Kier alpha value is -3.87. The van der Waals surface area contributed by atoms with Crippen molar-refractivity contribution in [2.75, 3.05) is 26.2 Å². The van der Waals surface area contributed by atoms with Crippen molar-refractivity contribution in [3.63, 3.8) is 0 Å². The summed E-state index contributed by atoms with van der Waals surface area (Å²) in [6.07, 6.45) is 4.65. The lowest BCUT2D eigenvalue weighted by molar-refractivity contribution is 0.0612. The van der Waals surface area contributed by atoms with Crippen molar-refractivity contribution in [2.45, 2.75) is 44.7 Å². The van der Waals surface area contributed by atoms with Gasteiger partial charge in [-0.3, -0.25) is 9.88 Å². The molecule has 3 aromatic carbocycles. The molecule has 232 valence electrons. The van der Waals surface area contributed by atoms with E-state index in [9.17, 15) is 9.65 Å². The summed E-state index contributed by atoms with van der Waals surface area (Å²) >= 11 is 13.6. The number of nitrogens with zero attached hydrogens (tertiary/aromatic N) is 3. The monoisotopic (exact) mass is 646 g/mol. The molecule has 2 heterocycles. The Bertz CT molecular complexity index is 1720. The molecule has 1 aliphatic carbocycles. The molecule has 1 aliphatic heterocycles. The van der Waals surface area contributed by atoms with E-state index in [-0.39, 0.29) is 19.3 Å². The van der Waals surface area contributed by atoms with Crippen molar-refractivity contribution in [2.24, 2.45) is 5.73 Å². The SMILES string of the molecule is N#Cc1cncc(COc2cc(O[C@H]3CCc4c(-c5cccc(OCCCN6CC(F)C6)c5Cl)cccc43)c(Cl)cc2CN)c1. The van der Waals surface area contributed by atoms with Gasteiger partial charge < -0.3 is 19.9 Å². The highest BCUT2D eigenvalue weighted by molar-refractivity contribution is 6.35. The maximum Gasteiger partial charge on any atom is 0.142 e. The molecule has 1 saturated heterocycles. The summed E-state index contributed by atoms with van der Waals surface area (Å²) in [5, 5.41) is 10.2. The highest BCUT2D eigenvalue weighted by atomic mass is 35.5. The fraction of sp³-hybridized carbons (Fsp3) is 0.314. The first-order chi connectivity index (χ1) is 21.9. The summed E-state index contributed by atoms with van der Waals surface area (Å²) < 4.78 is 31.7. The smallest absolute Gasteiger partial charge is 0.142 e. The van der Waals surface area contributed by atoms with Crippen molar-refractivity contribution in [3.8, 4) is 34.4 Å². The third-order valence-electron chi connectivity index (χ3n) is 8.18. The van der Waals surface area contributed by atoms with Crippen LogP contribution in [-0.2, 0) is 19.6 Å². The molecular formula is C35H33Cl2FN4O3. The maximum absolute atomic E-state index is 13.1. The van der Waals surface area contributed by atoms with Gasteiger partial charge in [-0.15, -0.1) is 0 Å². The minimum atomic E-state index is -0.696. The molecule has 1 atom stereocenters. The van der Waals surface area contributed by atoms with E-state index in [1.54, 1.807) is 24.4 Å². The van der Waals surface area contributed by atoms with Crippen LogP contribution < -0.4 is 19.9 Å². The van der Waals surface area contributed by atoms with E-state index >= 15 is 0 Å². The number of halogens is 3. The van der Waals surface area contributed by atoms with Gasteiger partial charge in [0.15, 0.2) is 0 Å². The highest BCUT2D eigenvalue weighted by Crippen LogP contribution is 2.45. The maximum atomic E-state index is 13.1. The van der Waals surface area contributed by atoms with Crippen LogP contribution in [0.5, 0.6) is 17.2 Å². The van der Waals surface area contributed by atoms with Crippen LogP contribution >= 0.6 is 23.2 Å². The number of likely N-dealkylation sites (tertiary alicyclic amines) is 1. The van der Waals surface area contributed by atoms with E-state index in [2.05, 4.69) is 28.1 Å². The predicted octanol–water partition coefficient (Wildman–Crippen LogP) is 7.45. The number of aromatic nitrogens is 1. The van der Waals surface area contributed by atoms with Gasteiger partial charge >= 0.3 is 0 Å². The number of hydrogen-bond acceptors (Lipinski definition) is 7. The van der Waals surface area contributed by atoms with Crippen molar-refractivity contribution >= 4 is 23.2 Å². The van der Waals surface area contributed by atoms with E-state index < -0.39 is 6.17 Å². The average Bonchev–Trinajstić information content (AvgIpc) is 3.45. The van der Waals surface area contributed by atoms with Gasteiger partial charge in [0.25, 0.3) is 0 Å². The van der Waals surface area contributed by atoms with Crippen molar-refractivity contribution in [1.29, 1.82) is 5.26 Å². The molecule has 1 aromatic heterocycles. The van der Waals surface area contributed by atoms with Crippen LogP contribution in [0.25, 0.3) is 11.1 Å². The Balaban J connectivity index is 1.17. The largest absolute Gasteiger partial charge is 0.492 e. The van der Waals surface area contributed by atoms with E-state index in [0.29, 0.717) is 52.6 Å². The average molecular weight is 648 g/mol. The fourth-order valence-electron chi connectivity index (χ4n) is 5.88. The predicted molar refractivity (Wildman–Crippen MR) is 173 cm³/mol. The van der Waals surface area contributed by atoms with Crippen LogP contribution in [0.2, 0.25) is 10.0 Å². The number of fused-ring (bicyclic) bond motifs is 1. The molecule has 0 amide bonds. The first-order valence-electron chi connectivity index (χ1n) is 15.0. The standard InChI is InChI=1S/C35H33Cl2FN4O3/c36-30-13-24(16-40)33(44-21-23-12-22(15-39)17-41-18-23)14-34(30)45-31-9-8-27-26(4-1-5-28(27)31)29-6-2-7-32(35(29)37)43-11-3-10-42-19-25(38)20-42/h1-2,4-7,12-14,17-18,25,31H,3,8-11,16,19-21,40H2/t31-/m0/s1. The molecule has 0 spiro atoms. The number of benzene rings is 3. The van der Waals surface area contributed by atoms with Crippen molar-refractivity contribution < 1.29 is 18.6 Å². The highest BCUT2D eigenvalue weighted by Gasteiger charge is 2.29. The number of rotatable bonds is 12. The zero-order valence-corrected chi connectivity index (χ0v) is 26.2. The zero-order chi connectivity index (χ0) is 31.3. The van der Waals surface area contributed by atoms with E-state index in [1.807, 2.05) is 24.3 Å². The van der Waals surface area contributed by atoms with Gasteiger partial charge in [-0.25, -0.2) is 4.39 Å². The molecule has 2 N–H and O–H groups in total. The lowest BCUT2D eigenvalue weighted by Gasteiger charge is -2.34. The number of nitriles is 1. The third kappa shape index (κ3) is 7.03. The Kier molecular flexibility index (Phi) is 9.72. The molecular weight excluding hydrogens is 614 g/mol. The number of nitrogens with two attached hydrogens (primary N) is 1. The molecule has 6 rings (SSSR count). The molecule has 10 heteroatoms. The topological polar surface area (TPSA) is 93.6 Å². The van der Waals surface area contributed by atoms with Gasteiger partial charge in [0.05, 0.1) is 22.2 Å². The summed E-state index contributed by atoms with van der Waals surface area (Å²) in [7, 11) is 0. The van der Waals surface area contributed by atoms with E-state index in [1.165, 1.54) is 11.8 Å². The van der Waals surface area contributed by atoms with Gasteiger partial charge in [-0.2, -0.15) is 5.26 Å². The minimum absolute atomic E-state index is 0.214. The fourth-order valence-corrected chi connectivity index (χ4v) is 6.40. The van der Waals surface area contributed by atoms with Crippen LogP contribution in [0.15, 0.2) is 67.0 Å². The van der Waals surface area contributed by atoms with Gasteiger partial charge in [-0.1, -0.05) is 53.5 Å². The van der Waals surface area contributed by atoms with Crippen molar-refractivity contribution in [1.82, 2.24) is 9.88 Å². The van der Waals surface area contributed by atoms with Gasteiger partial charge in [0.1, 0.15) is 42.2 Å². The second-order valence-electron chi connectivity index (χ2n) is 11.3. The number of ether oxygens (including phenoxy) is 3. The Labute approximate surface area is 272 Å². The number of hydrogen-bond donors (Lipinski definition) is 1. The molecule has 45 heavy (non-hydrogen) atoms. The van der Waals surface area contributed by atoms with Crippen molar-refractivity contribution in [3.05, 3.63) is 105 Å². The molecule has 0 saturated carbocycles. The van der Waals surface area contributed by atoms with Gasteiger partial charge in [-0.05, 0) is 54.2 Å². The summed E-state index contributed by atoms with van der Waals surface area (Å²) in [4.78, 5) is 6.18. The van der Waals surface area contributed by atoms with Crippen LogP contribution in [-0.4, -0.2) is 42.3 Å². The number of pyridine rings is 1. The molecule has 2 aliphatic rings.